The summed E-state index contributed by atoms with van der Waals surface area (Å²) in [6.45, 7) is 8.72. The molecule has 2 nitrogen and oxygen atoms in total. The van der Waals surface area contributed by atoms with Gasteiger partial charge in [0.2, 0.25) is 0 Å². The molecular weight excluding hydrogens is 196 g/mol. The third kappa shape index (κ3) is 3.53. The summed E-state index contributed by atoms with van der Waals surface area (Å²) in [5.74, 6) is 0. The third-order valence-electron chi connectivity index (χ3n) is 2.77. The summed E-state index contributed by atoms with van der Waals surface area (Å²) in [6, 6.07) is 8.77. The van der Waals surface area contributed by atoms with Crippen LogP contribution in [0.3, 0.4) is 0 Å². The fourth-order valence-corrected chi connectivity index (χ4v) is 1.90. The van der Waals surface area contributed by atoms with E-state index in [0.717, 1.165) is 13.1 Å². The van der Waals surface area contributed by atoms with Crippen molar-refractivity contribution in [2.45, 2.75) is 39.7 Å². The van der Waals surface area contributed by atoms with Gasteiger partial charge in [-0.2, -0.15) is 0 Å². The highest BCUT2D eigenvalue weighted by Crippen LogP contribution is 2.18. The normalized spacial score (nSPS) is 12.5. The van der Waals surface area contributed by atoms with Crippen molar-refractivity contribution in [3.8, 4) is 0 Å². The van der Waals surface area contributed by atoms with Crippen LogP contribution in [0, 0.1) is 0 Å². The lowest BCUT2D eigenvalue weighted by molar-refractivity contribution is 0.743. The minimum atomic E-state index is 0.125. The highest BCUT2D eigenvalue weighted by Gasteiger charge is 2.05. The number of hydrogen-bond acceptors (Lipinski definition) is 2. The van der Waals surface area contributed by atoms with Crippen molar-refractivity contribution in [1.29, 1.82) is 0 Å². The van der Waals surface area contributed by atoms with Crippen LogP contribution in [-0.2, 0) is 0 Å². The maximum absolute atomic E-state index is 5.84. The van der Waals surface area contributed by atoms with E-state index in [0.29, 0.717) is 0 Å². The van der Waals surface area contributed by atoms with Crippen LogP contribution in [0.1, 0.15) is 45.2 Å². The van der Waals surface area contributed by atoms with E-state index in [9.17, 15) is 0 Å². The molecule has 1 aromatic carbocycles. The number of benzene rings is 1. The van der Waals surface area contributed by atoms with Crippen LogP contribution >= 0.6 is 0 Å². The van der Waals surface area contributed by atoms with Gasteiger partial charge in [-0.1, -0.05) is 26.0 Å². The van der Waals surface area contributed by atoms with Crippen LogP contribution in [0.25, 0.3) is 0 Å². The van der Waals surface area contributed by atoms with Gasteiger partial charge in [0, 0.05) is 24.8 Å². The molecule has 0 aromatic heterocycles. The molecule has 0 heterocycles. The molecule has 0 bridgehead atoms. The van der Waals surface area contributed by atoms with Crippen molar-refractivity contribution >= 4 is 5.69 Å². The number of nitrogens with zero attached hydrogens (tertiary/aromatic N) is 1. The van der Waals surface area contributed by atoms with E-state index in [1.54, 1.807) is 0 Å². The van der Waals surface area contributed by atoms with Gasteiger partial charge >= 0.3 is 0 Å². The van der Waals surface area contributed by atoms with Crippen LogP contribution in [0.4, 0.5) is 5.69 Å². The van der Waals surface area contributed by atoms with Crippen molar-refractivity contribution in [2.75, 3.05) is 18.0 Å². The van der Waals surface area contributed by atoms with Gasteiger partial charge in [-0.05, 0) is 37.5 Å². The standard InChI is InChI=1S/C14H24N2/c1-4-10-16(11-5-2)14-8-6-13(7-9-14)12(3)15/h6-9,12H,4-5,10-11,15H2,1-3H3. The molecule has 0 aliphatic heterocycles. The fourth-order valence-electron chi connectivity index (χ4n) is 1.90. The Kier molecular flexibility index (Phi) is 5.33. The van der Waals surface area contributed by atoms with Crippen LogP contribution in [0.5, 0.6) is 0 Å². The minimum Gasteiger partial charge on any atom is -0.372 e. The van der Waals surface area contributed by atoms with Gasteiger partial charge in [-0.3, -0.25) is 0 Å². The smallest absolute Gasteiger partial charge is 0.0366 e. The zero-order valence-corrected chi connectivity index (χ0v) is 10.7. The molecule has 0 radical (unpaired) electrons. The predicted molar refractivity (Wildman–Crippen MR) is 71.8 cm³/mol. The first kappa shape index (κ1) is 13.0. The number of hydrogen-bond donors (Lipinski definition) is 1. The van der Waals surface area contributed by atoms with Crippen LogP contribution in [0.15, 0.2) is 24.3 Å². The lowest BCUT2D eigenvalue weighted by Gasteiger charge is -2.24. The molecule has 0 aliphatic carbocycles. The quantitative estimate of drug-likeness (QED) is 0.796. The Morgan fingerprint density at radius 2 is 1.56 bits per heavy atom. The Morgan fingerprint density at radius 1 is 1.06 bits per heavy atom. The zero-order valence-electron chi connectivity index (χ0n) is 10.7. The molecule has 2 N–H and O–H groups in total. The van der Waals surface area contributed by atoms with Gasteiger partial charge in [0.25, 0.3) is 0 Å². The van der Waals surface area contributed by atoms with E-state index in [1.165, 1.54) is 24.1 Å². The number of anilines is 1. The van der Waals surface area contributed by atoms with Gasteiger partial charge in [0.1, 0.15) is 0 Å². The van der Waals surface area contributed by atoms with E-state index in [2.05, 4.69) is 43.0 Å². The van der Waals surface area contributed by atoms with E-state index in [1.807, 2.05) is 6.92 Å². The number of nitrogens with two attached hydrogens (primary N) is 1. The van der Waals surface area contributed by atoms with Crippen LogP contribution < -0.4 is 10.6 Å². The molecule has 0 fully saturated rings. The van der Waals surface area contributed by atoms with E-state index >= 15 is 0 Å². The first-order valence-electron chi connectivity index (χ1n) is 6.29. The molecule has 2 heteroatoms. The summed E-state index contributed by atoms with van der Waals surface area (Å²) in [6.07, 6.45) is 2.38. The SMILES string of the molecule is CCCN(CCC)c1ccc(C(C)N)cc1. The molecule has 0 saturated heterocycles. The van der Waals surface area contributed by atoms with Crippen LogP contribution in [-0.4, -0.2) is 13.1 Å². The molecule has 1 atom stereocenters. The van der Waals surface area contributed by atoms with Gasteiger partial charge in [0.05, 0.1) is 0 Å². The van der Waals surface area contributed by atoms with Gasteiger partial charge in [-0.15, -0.1) is 0 Å². The van der Waals surface area contributed by atoms with Crippen molar-refractivity contribution in [1.82, 2.24) is 0 Å². The van der Waals surface area contributed by atoms with Gasteiger partial charge < -0.3 is 10.6 Å². The molecule has 0 spiro atoms. The van der Waals surface area contributed by atoms with Crippen molar-refractivity contribution < 1.29 is 0 Å². The van der Waals surface area contributed by atoms with E-state index < -0.39 is 0 Å². The first-order valence-corrected chi connectivity index (χ1v) is 6.29. The topological polar surface area (TPSA) is 29.3 Å². The predicted octanol–water partition coefficient (Wildman–Crippen LogP) is 3.33. The Morgan fingerprint density at radius 3 is 1.94 bits per heavy atom. The second kappa shape index (κ2) is 6.54. The summed E-state index contributed by atoms with van der Waals surface area (Å²) >= 11 is 0. The molecular formula is C14H24N2. The fraction of sp³-hybridized carbons (Fsp3) is 0.571. The second-order valence-corrected chi connectivity index (χ2v) is 4.37. The second-order valence-electron chi connectivity index (χ2n) is 4.37. The van der Waals surface area contributed by atoms with Gasteiger partial charge in [0.15, 0.2) is 0 Å². The maximum Gasteiger partial charge on any atom is 0.0366 e. The Balaban J connectivity index is 2.76. The Hall–Kier alpha value is -1.02. The summed E-state index contributed by atoms with van der Waals surface area (Å²) in [4.78, 5) is 2.44. The van der Waals surface area contributed by atoms with Crippen molar-refractivity contribution in [2.24, 2.45) is 5.73 Å². The Bertz CT molecular complexity index is 284. The summed E-state index contributed by atoms with van der Waals surface area (Å²) < 4.78 is 0. The van der Waals surface area contributed by atoms with Gasteiger partial charge in [-0.25, -0.2) is 0 Å². The lowest BCUT2D eigenvalue weighted by atomic mass is 10.1. The maximum atomic E-state index is 5.84. The average molecular weight is 220 g/mol. The summed E-state index contributed by atoms with van der Waals surface area (Å²) in [5, 5.41) is 0. The molecule has 1 aromatic rings. The molecule has 1 unspecified atom stereocenters. The van der Waals surface area contributed by atoms with E-state index in [-0.39, 0.29) is 6.04 Å². The highest BCUT2D eigenvalue weighted by atomic mass is 15.1. The molecule has 0 saturated carbocycles. The average Bonchev–Trinajstić information content (AvgIpc) is 2.29. The highest BCUT2D eigenvalue weighted by molar-refractivity contribution is 5.47. The molecule has 0 amide bonds. The first-order chi connectivity index (χ1) is 7.69. The Labute approximate surface area is 99.5 Å². The monoisotopic (exact) mass is 220 g/mol. The molecule has 16 heavy (non-hydrogen) atoms. The summed E-state index contributed by atoms with van der Waals surface area (Å²) in [5.41, 5.74) is 8.36. The summed E-state index contributed by atoms with van der Waals surface area (Å²) in [7, 11) is 0. The van der Waals surface area contributed by atoms with Crippen LogP contribution in [0.2, 0.25) is 0 Å². The van der Waals surface area contributed by atoms with Crippen molar-refractivity contribution in [3.05, 3.63) is 29.8 Å². The van der Waals surface area contributed by atoms with E-state index in [4.69, 9.17) is 5.73 Å². The zero-order chi connectivity index (χ0) is 12.0. The van der Waals surface area contributed by atoms with Crippen molar-refractivity contribution in [3.63, 3.8) is 0 Å². The minimum absolute atomic E-state index is 0.125. The third-order valence-corrected chi connectivity index (χ3v) is 2.77. The lowest BCUT2D eigenvalue weighted by Crippen LogP contribution is -2.24. The number of rotatable bonds is 6. The largest absolute Gasteiger partial charge is 0.372 e. The molecule has 1 rings (SSSR count). The molecule has 90 valence electrons. The molecule has 0 aliphatic rings.